The minimum absolute atomic E-state index is 0.344. The van der Waals surface area contributed by atoms with Gasteiger partial charge in [-0.3, -0.25) is 0 Å². The summed E-state index contributed by atoms with van der Waals surface area (Å²) < 4.78 is 2.60. The number of hydrogen-bond donors (Lipinski definition) is 1. The molecule has 0 bridgehead atoms. The second-order valence-corrected chi connectivity index (χ2v) is 4.84. The molecule has 0 unspecified atom stereocenters. The summed E-state index contributed by atoms with van der Waals surface area (Å²) in [6, 6.07) is 1.64. The Morgan fingerprint density at radius 3 is 2.65 bits per heavy atom. The molecular formula is C12H19BrN2O2. The SMILES string of the molecule is CCN(CC)CCCn1cc(Br)cc1C(=O)O. The van der Waals surface area contributed by atoms with Crippen molar-refractivity contribution in [1.29, 1.82) is 0 Å². The molecule has 0 saturated carbocycles. The molecule has 0 aliphatic rings. The number of halogens is 1. The highest BCUT2D eigenvalue weighted by Gasteiger charge is 2.11. The lowest BCUT2D eigenvalue weighted by Crippen LogP contribution is -2.25. The lowest BCUT2D eigenvalue weighted by atomic mass is 10.3. The third kappa shape index (κ3) is 4.16. The first-order chi connectivity index (χ1) is 8.08. The highest BCUT2D eigenvalue weighted by atomic mass is 79.9. The Kier molecular flexibility index (Phi) is 5.71. The average Bonchev–Trinajstić information content (AvgIpc) is 2.66. The van der Waals surface area contributed by atoms with E-state index in [4.69, 9.17) is 5.11 Å². The van der Waals surface area contributed by atoms with Gasteiger partial charge in [-0.25, -0.2) is 4.79 Å². The van der Waals surface area contributed by atoms with Crippen LogP contribution in [0, 0.1) is 0 Å². The maximum Gasteiger partial charge on any atom is 0.352 e. The van der Waals surface area contributed by atoms with E-state index in [0.29, 0.717) is 5.69 Å². The smallest absolute Gasteiger partial charge is 0.352 e. The molecule has 4 nitrogen and oxygen atoms in total. The molecule has 0 fully saturated rings. The topological polar surface area (TPSA) is 45.5 Å². The molecule has 96 valence electrons. The van der Waals surface area contributed by atoms with E-state index in [1.54, 1.807) is 10.6 Å². The first-order valence-corrected chi connectivity index (χ1v) is 6.69. The number of rotatable bonds is 7. The summed E-state index contributed by atoms with van der Waals surface area (Å²) in [7, 11) is 0. The Bertz CT molecular complexity index is 373. The average molecular weight is 303 g/mol. The number of carboxylic acids is 1. The van der Waals surface area contributed by atoms with E-state index in [1.165, 1.54) is 0 Å². The second-order valence-electron chi connectivity index (χ2n) is 3.92. The number of aryl methyl sites for hydroxylation is 1. The summed E-state index contributed by atoms with van der Waals surface area (Å²) in [6.45, 7) is 8.10. The molecule has 1 heterocycles. The van der Waals surface area contributed by atoms with Crippen molar-refractivity contribution in [2.24, 2.45) is 0 Å². The molecule has 0 aliphatic heterocycles. The summed E-state index contributed by atoms with van der Waals surface area (Å²) in [4.78, 5) is 13.3. The molecule has 0 atom stereocenters. The van der Waals surface area contributed by atoms with Crippen LogP contribution in [0.15, 0.2) is 16.7 Å². The Balaban J connectivity index is 2.54. The van der Waals surface area contributed by atoms with Crippen molar-refractivity contribution in [2.45, 2.75) is 26.8 Å². The highest BCUT2D eigenvalue weighted by Crippen LogP contribution is 2.15. The van der Waals surface area contributed by atoms with Crippen LogP contribution in [0.3, 0.4) is 0 Å². The van der Waals surface area contributed by atoms with Crippen LogP contribution in [0.25, 0.3) is 0 Å². The predicted octanol–water partition coefficient (Wildman–Crippen LogP) is 2.68. The van der Waals surface area contributed by atoms with Crippen LogP contribution in [0.5, 0.6) is 0 Å². The van der Waals surface area contributed by atoms with E-state index >= 15 is 0 Å². The summed E-state index contributed by atoms with van der Waals surface area (Å²) in [6.07, 6.45) is 2.79. The van der Waals surface area contributed by atoms with Crippen molar-refractivity contribution in [1.82, 2.24) is 9.47 Å². The largest absolute Gasteiger partial charge is 0.477 e. The first kappa shape index (κ1) is 14.3. The van der Waals surface area contributed by atoms with Crippen LogP contribution in [0.4, 0.5) is 0 Å². The zero-order valence-electron chi connectivity index (χ0n) is 10.3. The molecule has 17 heavy (non-hydrogen) atoms. The summed E-state index contributed by atoms with van der Waals surface area (Å²) in [5.41, 5.74) is 0.344. The molecule has 1 rings (SSSR count). The molecule has 5 heteroatoms. The van der Waals surface area contributed by atoms with E-state index < -0.39 is 5.97 Å². The molecule has 0 aromatic carbocycles. The van der Waals surface area contributed by atoms with Crippen molar-refractivity contribution >= 4 is 21.9 Å². The van der Waals surface area contributed by atoms with Gasteiger partial charge in [0.1, 0.15) is 5.69 Å². The van der Waals surface area contributed by atoms with Crippen LogP contribution in [0.2, 0.25) is 0 Å². The quantitative estimate of drug-likeness (QED) is 0.842. The van der Waals surface area contributed by atoms with Gasteiger partial charge in [0, 0.05) is 17.2 Å². The number of hydrogen-bond acceptors (Lipinski definition) is 2. The van der Waals surface area contributed by atoms with Crippen LogP contribution in [-0.2, 0) is 6.54 Å². The third-order valence-electron chi connectivity index (χ3n) is 2.85. The third-order valence-corrected chi connectivity index (χ3v) is 3.28. The molecule has 1 aromatic heterocycles. The molecular weight excluding hydrogens is 284 g/mol. The molecule has 0 aliphatic carbocycles. The molecule has 1 N–H and O–H groups in total. The summed E-state index contributed by atoms with van der Waals surface area (Å²) in [5, 5.41) is 9.03. The predicted molar refractivity (Wildman–Crippen MR) is 71.5 cm³/mol. The van der Waals surface area contributed by atoms with Crippen LogP contribution in [0.1, 0.15) is 30.8 Å². The van der Waals surface area contributed by atoms with Gasteiger partial charge in [-0.15, -0.1) is 0 Å². The van der Waals surface area contributed by atoms with Crippen LogP contribution >= 0.6 is 15.9 Å². The number of aromatic nitrogens is 1. The Morgan fingerprint density at radius 1 is 1.47 bits per heavy atom. The van der Waals surface area contributed by atoms with Crippen molar-refractivity contribution in [3.05, 3.63) is 22.4 Å². The summed E-state index contributed by atoms with van der Waals surface area (Å²) in [5.74, 6) is -0.876. The van der Waals surface area contributed by atoms with Crippen molar-refractivity contribution in [2.75, 3.05) is 19.6 Å². The minimum atomic E-state index is -0.876. The molecule has 1 aromatic rings. The zero-order valence-corrected chi connectivity index (χ0v) is 11.9. The standard InChI is InChI=1S/C12H19BrN2O2/c1-3-14(4-2)6-5-7-15-9-10(13)8-11(15)12(16)17/h8-9H,3-7H2,1-2H3,(H,16,17). The maximum atomic E-state index is 11.0. The van der Waals surface area contributed by atoms with Gasteiger partial charge in [0.2, 0.25) is 0 Å². The van der Waals surface area contributed by atoms with Crippen molar-refractivity contribution < 1.29 is 9.90 Å². The number of aromatic carboxylic acids is 1. The zero-order chi connectivity index (χ0) is 12.8. The fraction of sp³-hybridized carbons (Fsp3) is 0.583. The van der Waals surface area contributed by atoms with Crippen LogP contribution in [-0.4, -0.2) is 40.2 Å². The van der Waals surface area contributed by atoms with E-state index in [-0.39, 0.29) is 0 Å². The van der Waals surface area contributed by atoms with Gasteiger partial charge in [-0.05, 0) is 48.1 Å². The summed E-state index contributed by atoms with van der Waals surface area (Å²) >= 11 is 3.30. The first-order valence-electron chi connectivity index (χ1n) is 5.89. The van der Waals surface area contributed by atoms with Gasteiger partial charge in [0.05, 0.1) is 0 Å². The minimum Gasteiger partial charge on any atom is -0.477 e. The van der Waals surface area contributed by atoms with Gasteiger partial charge in [0.25, 0.3) is 0 Å². The van der Waals surface area contributed by atoms with E-state index in [9.17, 15) is 4.79 Å². The number of carbonyl (C=O) groups is 1. The van der Waals surface area contributed by atoms with Gasteiger partial charge in [-0.2, -0.15) is 0 Å². The lowest BCUT2D eigenvalue weighted by molar-refractivity contribution is 0.0684. The van der Waals surface area contributed by atoms with E-state index in [2.05, 4.69) is 34.7 Å². The maximum absolute atomic E-state index is 11.0. The van der Waals surface area contributed by atoms with Gasteiger partial charge >= 0.3 is 5.97 Å². The van der Waals surface area contributed by atoms with Gasteiger partial charge < -0.3 is 14.6 Å². The monoisotopic (exact) mass is 302 g/mol. The number of carboxylic acid groups (broad SMARTS) is 1. The molecule has 0 spiro atoms. The normalized spacial score (nSPS) is 11.1. The van der Waals surface area contributed by atoms with Crippen molar-refractivity contribution in [3.8, 4) is 0 Å². The van der Waals surface area contributed by atoms with Crippen LogP contribution < -0.4 is 0 Å². The molecule has 0 saturated heterocycles. The Hall–Kier alpha value is -0.810. The number of nitrogens with zero attached hydrogens (tertiary/aromatic N) is 2. The van der Waals surface area contributed by atoms with Crippen molar-refractivity contribution in [3.63, 3.8) is 0 Å². The lowest BCUT2D eigenvalue weighted by Gasteiger charge is -2.18. The molecule has 0 amide bonds. The Morgan fingerprint density at radius 2 is 2.12 bits per heavy atom. The van der Waals surface area contributed by atoms with E-state index in [0.717, 1.165) is 37.1 Å². The Labute approximate surface area is 110 Å². The van der Waals surface area contributed by atoms with E-state index in [1.807, 2.05) is 6.20 Å². The van der Waals surface area contributed by atoms with Gasteiger partial charge in [0.15, 0.2) is 0 Å². The fourth-order valence-electron chi connectivity index (χ4n) is 1.84. The highest BCUT2D eigenvalue weighted by molar-refractivity contribution is 9.10. The van der Waals surface area contributed by atoms with Gasteiger partial charge in [-0.1, -0.05) is 13.8 Å². The molecule has 0 radical (unpaired) electrons. The second kappa shape index (κ2) is 6.81. The fourth-order valence-corrected chi connectivity index (χ4v) is 2.31.